The minimum absolute atomic E-state index is 0.0317. The number of aliphatic carboxylic acids is 1. The summed E-state index contributed by atoms with van der Waals surface area (Å²) in [5, 5.41) is 9.17. The number of hydrogen-bond acceptors (Lipinski definition) is 3. The van der Waals surface area contributed by atoms with Crippen LogP contribution >= 0.6 is 15.9 Å². The minimum atomic E-state index is -1.01. The van der Waals surface area contributed by atoms with E-state index in [2.05, 4.69) is 22.9 Å². The molecule has 0 spiro atoms. The van der Waals surface area contributed by atoms with Gasteiger partial charge in [-0.3, -0.25) is 0 Å². The molecule has 2 rings (SSSR count). The molecule has 1 aliphatic rings. The Bertz CT molecular complexity index is 497. The molecule has 110 valence electrons. The Kier molecular flexibility index (Phi) is 4.70. The predicted molar refractivity (Wildman–Crippen MR) is 79.3 cm³/mol. The van der Waals surface area contributed by atoms with Gasteiger partial charge >= 0.3 is 5.97 Å². The number of carboxylic acids is 1. The highest BCUT2D eigenvalue weighted by Crippen LogP contribution is 2.54. The SMILES string of the molecule is CCC1(c2cc(Br)ccc2O[C@@H](COC)C(=O)O)CC1. The van der Waals surface area contributed by atoms with Crippen molar-refractivity contribution < 1.29 is 19.4 Å². The van der Waals surface area contributed by atoms with Crippen LogP contribution < -0.4 is 4.74 Å². The Hall–Kier alpha value is -1.07. The average molecular weight is 343 g/mol. The fourth-order valence-corrected chi connectivity index (χ4v) is 2.81. The lowest BCUT2D eigenvalue weighted by atomic mass is 9.92. The van der Waals surface area contributed by atoms with E-state index in [1.165, 1.54) is 7.11 Å². The molecule has 1 saturated carbocycles. The molecule has 0 aliphatic heterocycles. The Morgan fingerprint density at radius 2 is 2.20 bits per heavy atom. The molecular formula is C15H19BrO4. The van der Waals surface area contributed by atoms with Gasteiger partial charge in [0.15, 0.2) is 0 Å². The van der Waals surface area contributed by atoms with Gasteiger partial charge in [0.25, 0.3) is 0 Å². The van der Waals surface area contributed by atoms with Crippen LogP contribution in [0.5, 0.6) is 5.75 Å². The maximum absolute atomic E-state index is 11.2. The van der Waals surface area contributed by atoms with Crippen molar-refractivity contribution in [2.24, 2.45) is 0 Å². The summed E-state index contributed by atoms with van der Waals surface area (Å²) < 4.78 is 11.6. The molecule has 0 heterocycles. The number of methoxy groups -OCH3 is 1. The van der Waals surface area contributed by atoms with Gasteiger partial charge in [-0.1, -0.05) is 22.9 Å². The van der Waals surface area contributed by atoms with E-state index >= 15 is 0 Å². The second kappa shape index (κ2) is 6.14. The van der Waals surface area contributed by atoms with Gasteiger partial charge in [0.05, 0.1) is 6.61 Å². The summed E-state index contributed by atoms with van der Waals surface area (Å²) in [7, 11) is 1.47. The van der Waals surface area contributed by atoms with Gasteiger partial charge in [0, 0.05) is 17.1 Å². The zero-order valence-electron chi connectivity index (χ0n) is 11.7. The number of rotatable bonds is 7. The molecule has 1 N–H and O–H groups in total. The first kappa shape index (κ1) is 15.3. The molecule has 1 aromatic rings. The number of carbonyl (C=O) groups is 1. The molecule has 20 heavy (non-hydrogen) atoms. The van der Waals surface area contributed by atoms with Gasteiger partial charge in [-0.05, 0) is 42.9 Å². The lowest BCUT2D eigenvalue weighted by Gasteiger charge is -2.21. The van der Waals surface area contributed by atoms with E-state index in [4.69, 9.17) is 9.47 Å². The second-order valence-corrected chi connectivity index (χ2v) is 6.09. The van der Waals surface area contributed by atoms with E-state index in [0.717, 1.165) is 29.3 Å². The predicted octanol–water partition coefficient (Wildman–Crippen LogP) is 3.37. The van der Waals surface area contributed by atoms with E-state index < -0.39 is 12.1 Å². The summed E-state index contributed by atoms with van der Waals surface area (Å²) in [6, 6.07) is 5.74. The minimum Gasteiger partial charge on any atom is -0.478 e. The highest BCUT2D eigenvalue weighted by atomic mass is 79.9. The molecule has 0 saturated heterocycles. The molecule has 1 fully saturated rings. The van der Waals surface area contributed by atoms with Crippen LogP contribution in [0.25, 0.3) is 0 Å². The van der Waals surface area contributed by atoms with E-state index in [1.54, 1.807) is 0 Å². The molecule has 4 nitrogen and oxygen atoms in total. The highest BCUT2D eigenvalue weighted by Gasteiger charge is 2.44. The maximum Gasteiger partial charge on any atom is 0.347 e. The van der Waals surface area contributed by atoms with Crippen LogP contribution in [0, 0.1) is 0 Å². The summed E-state index contributed by atoms with van der Waals surface area (Å²) in [4.78, 5) is 11.2. The molecule has 0 bridgehead atoms. The first-order chi connectivity index (χ1) is 9.52. The van der Waals surface area contributed by atoms with E-state index in [0.29, 0.717) is 5.75 Å². The van der Waals surface area contributed by atoms with Crippen LogP contribution in [0.15, 0.2) is 22.7 Å². The van der Waals surface area contributed by atoms with Crippen molar-refractivity contribution in [2.75, 3.05) is 13.7 Å². The Morgan fingerprint density at radius 3 is 2.70 bits per heavy atom. The number of carboxylic acid groups (broad SMARTS) is 1. The van der Waals surface area contributed by atoms with Crippen molar-refractivity contribution in [3.05, 3.63) is 28.2 Å². The fraction of sp³-hybridized carbons (Fsp3) is 0.533. The van der Waals surface area contributed by atoms with Crippen LogP contribution in [-0.2, 0) is 14.9 Å². The standard InChI is InChI=1S/C15H19BrO4/c1-3-15(6-7-15)11-8-10(16)4-5-12(11)20-13(9-19-2)14(17)18/h4-5,8,13H,3,6-7,9H2,1-2H3,(H,17,18)/t13-/m0/s1. The van der Waals surface area contributed by atoms with Crippen molar-refractivity contribution in [1.82, 2.24) is 0 Å². The van der Waals surface area contributed by atoms with Gasteiger partial charge in [0.1, 0.15) is 5.75 Å². The van der Waals surface area contributed by atoms with Gasteiger partial charge in [-0.15, -0.1) is 0 Å². The molecule has 1 aliphatic carbocycles. The van der Waals surface area contributed by atoms with Crippen LogP contribution in [0.2, 0.25) is 0 Å². The molecule has 0 amide bonds. The monoisotopic (exact) mass is 342 g/mol. The lowest BCUT2D eigenvalue weighted by Crippen LogP contribution is -2.32. The van der Waals surface area contributed by atoms with Crippen molar-refractivity contribution in [2.45, 2.75) is 37.7 Å². The normalized spacial score (nSPS) is 17.6. The molecule has 0 radical (unpaired) electrons. The maximum atomic E-state index is 11.2. The molecular weight excluding hydrogens is 324 g/mol. The first-order valence-electron chi connectivity index (χ1n) is 6.71. The Balaban J connectivity index is 2.29. The third kappa shape index (κ3) is 3.15. The summed E-state index contributed by atoms with van der Waals surface area (Å²) in [5.74, 6) is -0.362. The van der Waals surface area contributed by atoms with Crippen LogP contribution in [0.4, 0.5) is 0 Å². The fourth-order valence-electron chi connectivity index (χ4n) is 2.44. The lowest BCUT2D eigenvalue weighted by molar-refractivity contribution is -0.147. The number of ether oxygens (including phenoxy) is 2. The van der Waals surface area contributed by atoms with Crippen molar-refractivity contribution >= 4 is 21.9 Å². The molecule has 0 unspecified atom stereocenters. The van der Waals surface area contributed by atoms with Crippen LogP contribution in [0.3, 0.4) is 0 Å². The van der Waals surface area contributed by atoms with Crippen molar-refractivity contribution in [3.8, 4) is 5.75 Å². The summed E-state index contributed by atoms with van der Waals surface area (Å²) >= 11 is 3.48. The van der Waals surface area contributed by atoms with Gasteiger partial charge in [-0.2, -0.15) is 0 Å². The van der Waals surface area contributed by atoms with E-state index in [9.17, 15) is 9.90 Å². The topological polar surface area (TPSA) is 55.8 Å². The largest absolute Gasteiger partial charge is 0.478 e. The Labute approximate surface area is 127 Å². The summed E-state index contributed by atoms with van der Waals surface area (Å²) in [6.07, 6.45) is 2.30. The van der Waals surface area contributed by atoms with Gasteiger partial charge < -0.3 is 14.6 Å². The van der Waals surface area contributed by atoms with Gasteiger partial charge in [0.2, 0.25) is 6.10 Å². The van der Waals surface area contributed by atoms with E-state index in [1.807, 2.05) is 18.2 Å². The first-order valence-corrected chi connectivity index (χ1v) is 7.50. The quantitative estimate of drug-likeness (QED) is 0.825. The molecule has 5 heteroatoms. The van der Waals surface area contributed by atoms with Gasteiger partial charge in [-0.25, -0.2) is 4.79 Å². The molecule has 1 aromatic carbocycles. The zero-order chi connectivity index (χ0) is 14.8. The number of benzene rings is 1. The summed E-state index contributed by atoms with van der Waals surface area (Å²) in [5.41, 5.74) is 1.24. The number of halogens is 1. The molecule has 0 aromatic heterocycles. The third-order valence-corrected chi connectivity index (χ3v) is 4.40. The average Bonchev–Trinajstić information content (AvgIpc) is 3.21. The Morgan fingerprint density at radius 1 is 1.50 bits per heavy atom. The van der Waals surface area contributed by atoms with Crippen molar-refractivity contribution in [3.63, 3.8) is 0 Å². The highest BCUT2D eigenvalue weighted by molar-refractivity contribution is 9.10. The molecule has 1 atom stereocenters. The van der Waals surface area contributed by atoms with Crippen molar-refractivity contribution in [1.29, 1.82) is 0 Å². The van der Waals surface area contributed by atoms with E-state index in [-0.39, 0.29) is 12.0 Å². The zero-order valence-corrected chi connectivity index (χ0v) is 13.3. The number of hydrogen-bond donors (Lipinski definition) is 1. The third-order valence-electron chi connectivity index (χ3n) is 3.91. The smallest absolute Gasteiger partial charge is 0.347 e. The van der Waals surface area contributed by atoms with Crippen LogP contribution in [0.1, 0.15) is 31.7 Å². The summed E-state index contributed by atoms with van der Waals surface area (Å²) in [6.45, 7) is 2.19. The second-order valence-electron chi connectivity index (χ2n) is 5.17. The van der Waals surface area contributed by atoms with Crippen LogP contribution in [-0.4, -0.2) is 30.9 Å².